The van der Waals surface area contributed by atoms with Crippen LogP contribution in [0.5, 0.6) is 0 Å². The first-order chi connectivity index (χ1) is 12.3. The highest BCUT2D eigenvalue weighted by atomic mass is 16.6. The van der Waals surface area contributed by atoms with Gasteiger partial charge in [0.1, 0.15) is 5.60 Å². The smallest absolute Gasteiger partial charge is 0.407 e. The number of carbonyl (C=O) groups is 2. The Morgan fingerprint density at radius 1 is 1.04 bits per heavy atom. The molecular formula is C21H30N2O3. The summed E-state index contributed by atoms with van der Waals surface area (Å²) in [7, 11) is 0. The van der Waals surface area contributed by atoms with Gasteiger partial charge in [-0.05, 0) is 52.0 Å². The van der Waals surface area contributed by atoms with Crippen LogP contribution in [0.1, 0.15) is 57.9 Å². The number of amides is 2. The summed E-state index contributed by atoms with van der Waals surface area (Å²) >= 11 is 0. The van der Waals surface area contributed by atoms with Crippen LogP contribution in [0, 0.1) is 5.92 Å². The van der Waals surface area contributed by atoms with Gasteiger partial charge in [-0.3, -0.25) is 4.79 Å². The number of likely N-dealkylation sites (tertiary alicyclic amines) is 1. The fourth-order valence-corrected chi connectivity index (χ4v) is 3.81. The quantitative estimate of drug-likeness (QED) is 0.896. The van der Waals surface area contributed by atoms with Crippen molar-refractivity contribution in [3.63, 3.8) is 0 Å². The largest absolute Gasteiger partial charge is 0.444 e. The van der Waals surface area contributed by atoms with E-state index in [1.54, 1.807) is 0 Å². The Balaban J connectivity index is 1.40. The number of ether oxygens (including phenoxy) is 1. The van der Waals surface area contributed by atoms with Crippen molar-refractivity contribution in [3.8, 4) is 0 Å². The van der Waals surface area contributed by atoms with Crippen molar-refractivity contribution in [2.24, 2.45) is 5.92 Å². The molecule has 2 aliphatic rings. The van der Waals surface area contributed by atoms with E-state index in [0.717, 1.165) is 38.8 Å². The number of hydrogen-bond donors (Lipinski definition) is 1. The maximum absolute atomic E-state index is 12.7. The minimum Gasteiger partial charge on any atom is -0.444 e. The van der Waals surface area contributed by atoms with Crippen LogP contribution in [-0.2, 0) is 9.53 Å². The maximum Gasteiger partial charge on any atom is 0.407 e. The van der Waals surface area contributed by atoms with E-state index in [2.05, 4.69) is 29.6 Å². The van der Waals surface area contributed by atoms with Crippen LogP contribution in [0.15, 0.2) is 30.3 Å². The molecule has 3 rings (SSSR count). The number of hydrogen-bond acceptors (Lipinski definition) is 3. The molecule has 1 aromatic carbocycles. The van der Waals surface area contributed by atoms with E-state index < -0.39 is 5.60 Å². The molecule has 0 radical (unpaired) electrons. The van der Waals surface area contributed by atoms with Gasteiger partial charge in [0.05, 0.1) is 0 Å². The summed E-state index contributed by atoms with van der Waals surface area (Å²) in [6.07, 6.45) is 3.00. The van der Waals surface area contributed by atoms with Gasteiger partial charge in [-0.1, -0.05) is 30.3 Å². The van der Waals surface area contributed by atoms with Gasteiger partial charge in [-0.25, -0.2) is 4.79 Å². The summed E-state index contributed by atoms with van der Waals surface area (Å²) < 4.78 is 5.31. The number of nitrogens with zero attached hydrogens (tertiary/aromatic N) is 1. The summed E-state index contributed by atoms with van der Waals surface area (Å²) in [4.78, 5) is 26.5. The van der Waals surface area contributed by atoms with E-state index in [1.807, 2.05) is 31.7 Å². The molecule has 2 fully saturated rings. The molecule has 1 aromatic rings. The molecule has 1 saturated heterocycles. The first-order valence-electron chi connectivity index (χ1n) is 9.65. The van der Waals surface area contributed by atoms with Gasteiger partial charge in [0, 0.05) is 31.0 Å². The molecule has 1 N–H and O–H groups in total. The zero-order valence-electron chi connectivity index (χ0n) is 16.0. The molecule has 26 heavy (non-hydrogen) atoms. The van der Waals surface area contributed by atoms with Crippen molar-refractivity contribution in [2.45, 2.75) is 64.0 Å². The van der Waals surface area contributed by atoms with Gasteiger partial charge in [-0.2, -0.15) is 0 Å². The second-order valence-corrected chi connectivity index (χ2v) is 8.55. The molecule has 2 amide bonds. The highest BCUT2D eigenvalue weighted by Gasteiger charge is 2.36. The normalized spacial score (nSPS) is 23.9. The van der Waals surface area contributed by atoms with Crippen molar-refractivity contribution < 1.29 is 14.3 Å². The number of rotatable bonds is 3. The van der Waals surface area contributed by atoms with Crippen LogP contribution in [0.4, 0.5) is 4.79 Å². The third-order valence-corrected chi connectivity index (χ3v) is 5.26. The Hall–Kier alpha value is -2.04. The average Bonchev–Trinajstić information content (AvgIpc) is 2.53. The Bertz CT molecular complexity index is 624. The van der Waals surface area contributed by atoms with E-state index in [9.17, 15) is 9.59 Å². The van der Waals surface area contributed by atoms with Gasteiger partial charge >= 0.3 is 6.09 Å². The number of nitrogens with one attached hydrogen (secondary N) is 1. The monoisotopic (exact) mass is 358 g/mol. The van der Waals surface area contributed by atoms with Crippen molar-refractivity contribution in [3.05, 3.63) is 35.9 Å². The van der Waals surface area contributed by atoms with Gasteiger partial charge in [0.2, 0.25) is 5.91 Å². The van der Waals surface area contributed by atoms with E-state index in [0.29, 0.717) is 5.92 Å². The summed E-state index contributed by atoms with van der Waals surface area (Å²) in [5.74, 6) is 0.863. The Kier molecular flexibility index (Phi) is 5.54. The van der Waals surface area contributed by atoms with Gasteiger partial charge in [0.25, 0.3) is 0 Å². The van der Waals surface area contributed by atoms with Crippen LogP contribution < -0.4 is 5.32 Å². The molecule has 142 valence electrons. The number of alkyl carbamates (subject to hydrolysis) is 1. The predicted molar refractivity (Wildman–Crippen MR) is 101 cm³/mol. The van der Waals surface area contributed by atoms with Crippen molar-refractivity contribution in [1.82, 2.24) is 10.2 Å². The van der Waals surface area contributed by atoms with Crippen LogP contribution in [0.25, 0.3) is 0 Å². The van der Waals surface area contributed by atoms with Gasteiger partial charge < -0.3 is 15.0 Å². The summed E-state index contributed by atoms with van der Waals surface area (Å²) in [5, 5.41) is 2.93. The van der Waals surface area contributed by atoms with Crippen molar-refractivity contribution in [2.75, 3.05) is 13.1 Å². The summed E-state index contributed by atoms with van der Waals surface area (Å²) in [5.41, 5.74) is 0.839. The summed E-state index contributed by atoms with van der Waals surface area (Å²) in [6, 6.07) is 10.5. The molecule has 0 unspecified atom stereocenters. The molecule has 1 aliphatic heterocycles. The van der Waals surface area contributed by atoms with Crippen LogP contribution in [-0.4, -0.2) is 41.6 Å². The lowest BCUT2D eigenvalue weighted by molar-refractivity contribution is -0.141. The van der Waals surface area contributed by atoms with E-state index in [-0.39, 0.29) is 24.0 Å². The third-order valence-electron chi connectivity index (χ3n) is 5.26. The lowest BCUT2D eigenvalue weighted by atomic mass is 9.83. The van der Waals surface area contributed by atoms with Crippen molar-refractivity contribution in [1.29, 1.82) is 0 Å². The van der Waals surface area contributed by atoms with E-state index >= 15 is 0 Å². The Morgan fingerprint density at radius 2 is 1.65 bits per heavy atom. The maximum atomic E-state index is 12.7. The van der Waals surface area contributed by atoms with E-state index in [4.69, 9.17) is 4.74 Å². The number of carbonyl (C=O) groups excluding carboxylic acids is 2. The van der Waals surface area contributed by atoms with E-state index in [1.165, 1.54) is 5.56 Å². The lowest BCUT2D eigenvalue weighted by Gasteiger charge is -2.42. The minimum absolute atomic E-state index is 0.100. The lowest BCUT2D eigenvalue weighted by Crippen LogP contribution is -2.51. The second kappa shape index (κ2) is 7.68. The fraction of sp³-hybridized carbons (Fsp3) is 0.619. The molecule has 0 spiro atoms. The van der Waals surface area contributed by atoms with Crippen LogP contribution in [0.3, 0.4) is 0 Å². The molecule has 1 saturated carbocycles. The second-order valence-electron chi connectivity index (χ2n) is 8.55. The molecule has 5 heteroatoms. The molecule has 0 bridgehead atoms. The average molecular weight is 358 g/mol. The molecule has 0 aromatic heterocycles. The van der Waals surface area contributed by atoms with Crippen LogP contribution in [0.2, 0.25) is 0 Å². The first kappa shape index (κ1) is 18.7. The highest BCUT2D eigenvalue weighted by Crippen LogP contribution is 2.32. The Morgan fingerprint density at radius 3 is 2.23 bits per heavy atom. The SMILES string of the molecule is CC(C)(C)OC(=O)NC1CCC(C(=O)N2CC(c3ccccc3)C2)CC1. The highest BCUT2D eigenvalue weighted by molar-refractivity contribution is 5.80. The van der Waals surface area contributed by atoms with Crippen LogP contribution >= 0.6 is 0 Å². The molecule has 0 atom stereocenters. The summed E-state index contributed by atoms with van der Waals surface area (Å²) in [6.45, 7) is 7.24. The molecule has 5 nitrogen and oxygen atoms in total. The zero-order valence-corrected chi connectivity index (χ0v) is 16.0. The Labute approximate surface area is 156 Å². The standard InChI is InChI=1S/C21H30N2O3/c1-21(2,3)26-20(25)22-18-11-9-16(10-12-18)19(24)23-13-17(14-23)15-7-5-4-6-8-15/h4-8,16-18H,9-14H2,1-3H3,(H,22,25). The first-order valence-corrected chi connectivity index (χ1v) is 9.65. The molecule has 1 heterocycles. The fourth-order valence-electron chi connectivity index (χ4n) is 3.81. The molecule has 1 aliphatic carbocycles. The topological polar surface area (TPSA) is 58.6 Å². The minimum atomic E-state index is -0.482. The third kappa shape index (κ3) is 4.77. The van der Waals surface area contributed by atoms with Crippen molar-refractivity contribution >= 4 is 12.0 Å². The predicted octanol–water partition coefficient (Wildman–Crippen LogP) is 3.70. The van der Waals surface area contributed by atoms with Gasteiger partial charge in [-0.15, -0.1) is 0 Å². The van der Waals surface area contributed by atoms with Gasteiger partial charge in [0.15, 0.2) is 0 Å². The zero-order chi connectivity index (χ0) is 18.7. The number of benzene rings is 1. The molecular weight excluding hydrogens is 328 g/mol.